The molecule has 0 spiro atoms. The standard InChI is InChI=1S/C17H21NO3/c1-3-4-10-18(15-8-6-5-7-9-15)12-14-11-16(17(19)20)21-13(14)2/h5-9,11H,3-4,10,12H2,1-2H3,(H,19,20). The zero-order valence-corrected chi connectivity index (χ0v) is 12.5. The van der Waals surface area contributed by atoms with Crippen molar-refractivity contribution in [2.45, 2.75) is 33.2 Å². The Labute approximate surface area is 125 Å². The van der Waals surface area contributed by atoms with Gasteiger partial charge < -0.3 is 14.4 Å². The van der Waals surface area contributed by atoms with Gasteiger partial charge >= 0.3 is 5.97 Å². The lowest BCUT2D eigenvalue weighted by atomic mass is 10.2. The van der Waals surface area contributed by atoms with Crippen LogP contribution in [0.15, 0.2) is 40.8 Å². The first-order valence-electron chi connectivity index (χ1n) is 7.24. The monoisotopic (exact) mass is 287 g/mol. The van der Waals surface area contributed by atoms with E-state index >= 15 is 0 Å². The number of anilines is 1. The first kappa shape index (κ1) is 15.2. The quantitative estimate of drug-likeness (QED) is 0.833. The number of para-hydroxylation sites is 1. The molecule has 0 aliphatic heterocycles. The summed E-state index contributed by atoms with van der Waals surface area (Å²) in [4.78, 5) is 13.2. The summed E-state index contributed by atoms with van der Waals surface area (Å²) in [5.41, 5.74) is 2.07. The van der Waals surface area contributed by atoms with Crippen molar-refractivity contribution in [2.75, 3.05) is 11.4 Å². The van der Waals surface area contributed by atoms with E-state index < -0.39 is 5.97 Å². The minimum absolute atomic E-state index is 0.00556. The van der Waals surface area contributed by atoms with Gasteiger partial charge in [0.25, 0.3) is 0 Å². The maximum atomic E-state index is 11.0. The summed E-state index contributed by atoms with van der Waals surface area (Å²) in [7, 11) is 0. The second kappa shape index (κ2) is 6.97. The molecule has 1 N–H and O–H groups in total. The molecule has 21 heavy (non-hydrogen) atoms. The van der Waals surface area contributed by atoms with Crippen LogP contribution in [0.1, 0.15) is 41.6 Å². The number of carbonyl (C=O) groups is 1. The van der Waals surface area contributed by atoms with Gasteiger partial charge in [-0.1, -0.05) is 31.5 Å². The molecule has 0 saturated carbocycles. The molecule has 112 valence electrons. The van der Waals surface area contributed by atoms with Crippen LogP contribution in [0, 0.1) is 6.92 Å². The number of aromatic carboxylic acids is 1. The number of benzene rings is 1. The first-order chi connectivity index (χ1) is 10.1. The van der Waals surface area contributed by atoms with Crippen molar-refractivity contribution in [2.24, 2.45) is 0 Å². The molecule has 1 heterocycles. The van der Waals surface area contributed by atoms with Crippen LogP contribution in [0.2, 0.25) is 0 Å². The molecule has 0 unspecified atom stereocenters. The normalized spacial score (nSPS) is 10.6. The van der Waals surface area contributed by atoms with Gasteiger partial charge in [-0.15, -0.1) is 0 Å². The van der Waals surface area contributed by atoms with Gasteiger partial charge in [0, 0.05) is 24.3 Å². The van der Waals surface area contributed by atoms with Crippen molar-refractivity contribution in [3.63, 3.8) is 0 Å². The van der Waals surface area contributed by atoms with Gasteiger partial charge in [-0.2, -0.15) is 0 Å². The number of hydrogen-bond donors (Lipinski definition) is 1. The van der Waals surface area contributed by atoms with E-state index in [9.17, 15) is 4.79 Å². The number of hydrogen-bond acceptors (Lipinski definition) is 3. The topological polar surface area (TPSA) is 53.7 Å². The van der Waals surface area contributed by atoms with Crippen molar-refractivity contribution >= 4 is 11.7 Å². The molecule has 1 aromatic carbocycles. The molecule has 2 rings (SSSR count). The van der Waals surface area contributed by atoms with E-state index in [1.807, 2.05) is 25.1 Å². The zero-order valence-electron chi connectivity index (χ0n) is 12.5. The van der Waals surface area contributed by atoms with E-state index in [1.54, 1.807) is 6.07 Å². The Hall–Kier alpha value is -2.23. The average molecular weight is 287 g/mol. The SMILES string of the molecule is CCCCN(Cc1cc(C(=O)O)oc1C)c1ccccc1. The smallest absolute Gasteiger partial charge is 0.371 e. The highest BCUT2D eigenvalue weighted by molar-refractivity contribution is 5.84. The molecule has 0 fully saturated rings. The second-order valence-corrected chi connectivity index (χ2v) is 5.11. The Morgan fingerprint density at radius 1 is 1.29 bits per heavy atom. The third-order valence-corrected chi connectivity index (χ3v) is 3.50. The highest BCUT2D eigenvalue weighted by Crippen LogP contribution is 2.21. The number of nitrogens with zero attached hydrogens (tertiary/aromatic N) is 1. The summed E-state index contributed by atoms with van der Waals surface area (Å²) in [6, 6.07) is 11.8. The van der Waals surface area contributed by atoms with Crippen LogP contribution in [0.25, 0.3) is 0 Å². The van der Waals surface area contributed by atoms with Gasteiger partial charge in [0.05, 0.1) is 0 Å². The van der Waals surface area contributed by atoms with Gasteiger partial charge in [0.15, 0.2) is 0 Å². The zero-order chi connectivity index (χ0) is 15.2. The molecule has 2 aromatic rings. The molecule has 4 nitrogen and oxygen atoms in total. The number of rotatable bonds is 7. The largest absolute Gasteiger partial charge is 0.475 e. The molecule has 0 radical (unpaired) electrons. The van der Waals surface area contributed by atoms with E-state index in [4.69, 9.17) is 9.52 Å². The van der Waals surface area contributed by atoms with E-state index in [0.717, 1.165) is 30.6 Å². The lowest BCUT2D eigenvalue weighted by Gasteiger charge is -2.24. The molecule has 0 atom stereocenters. The Morgan fingerprint density at radius 3 is 2.57 bits per heavy atom. The molecular formula is C17H21NO3. The molecule has 4 heteroatoms. The molecule has 0 bridgehead atoms. The van der Waals surface area contributed by atoms with Gasteiger partial charge in [0.1, 0.15) is 5.76 Å². The van der Waals surface area contributed by atoms with Crippen molar-refractivity contribution in [1.29, 1.82) is 0 Å². The predicted molar refractivity (Wildman–Crippen MR) is 82.8 cm³/mol. The van der Waals surface area contributed by atoms with Crippen LogP contribution < -0.4 is 4.90 Å². The summed E-state index contributed by atoms with van der Waals surface area (Å²) < 4.78 is 5.29. The summed E-state index contributed by atoms with van der Waals surface area (Å²) in [6.07, 6.45) is 2.21. The van der Waals surface area contributed by atoms with Gasteiger partial charge in [0.2, 0.25) is 5.76 Å². The Kier molecular flexibility index (Phi) is 5.04. The van der Waals surface area contributed by atoms with Crippen LogP contribution in [0.4, 0.5) is 5.69 Å². The molecule has 1 aromatic heterocycles. The third kappa shape index (κ3) is 3.88. The van der Waals surface area contributed by atoms with E-state index in [-0.39, 0.29) is 5.76 Å². The van der Waals surface area contributed by atoms with Gasteiger partial charge in [-0.05, 0) is 31.5 Å². The maximum absolute atomic E-state index is 11.0. The number of carboxylic acid groups (broad SMARTS) is 1. The van der Waals surface area contributed by atoms with E-state index in [2.05, 4.69) is 24.0 Å². The fourth-order valence-electron chi connectivity index (χ4n) is 2.28. The fourth-order valence-corrected chi connectivity index (χ4v) is 2.28. The second-order valence-electron chi connectivity index (χ2n) is 5.11. The highest BCUT2D eigenvalue weighted by Gasteiger charge is 2.16. The highest BCUT2D eigenvalue weighted by atomic mass is 16.4. The average Bonchev–Trinajstić information content (AvgIpc) is 2.86. The summed E-state index contributed by atoms with van der Waals surface area (Å²) in [5.74, 6) is -0.347. The lowest BCUT2D eigenvalue weighted by Crippen LogP contribution is -2.23. The molecule has 0 aliphatic carbocycles. The fraction of sp³-hybridized carbons (Fsp3) is 0.353. The minimum atomic E-state index is -1.02. The Balaban J connectivity index is 2.20. The number of furan rings is 1. The van der Waals surface area contributed by atoms with Crippen molar-refractivity contribution in [1.82, 2.24) is 0 Å². The predicted octanol–water partition coefficient (Wildman–Crippen LogP) is 4.09. The van der Waals surface area contributed by atoms with Crippen LogP contribution in [-0.2, 0) is 6.54 Å². The summed E-state index contributed by atoms with van der Waals surface area (Å²) in [6.45, 7) is 5.57. The van der Waals surface area contributed by atoms with Crippen LogP contribution >= 0.6 is 0 Å². The lowest BCUT2D eigenvalue weighted by molar-refractivity contribution is 0.0661. The van der Waals surface area contributed by atoms with Gasteiger partial charge in [-0.25, -0.2) is 4.79 Å². The third-order valence-electron chi connectivity index (χ3n) is 3.50. The molecular weight excluding hydrogens is 266 g/mol. The summed E-state index contributed by atoms with van der Waals surface area (Å²) >= 11 is 0. The van der Waals surface area contributed by atoms with Crippen molar-refractivity contribution in [3.05, 3.63) is 53.5 Å². The number of unbranched alkanes of at least 4 members (excludes halogenated alkanes) is 1. The van der Waals surface area contributed by atoms with E-state index in [0.29, 0.717) is 12.3 Å². The molecule has 0 saturated heterocycles. The Bertz CT molecular complexity index is 589. The van der Waals surface area contributed by atoms with Crippen LogP contribution in [0.3, 0.4) is 0 Å². The van der Waals surface area contributed by atoms with Gasteiger partial charge in [-0.3, -0.25) is 0 Å². The summed E-state index contributed by atoms with van der Waals surface area (Å²) in [5, 5.41) is 9.01. The Morgan fingerprint density at radius 2 is 2.00 bits per heavy atom. The number of aryl methyl sites for hydroxylation is 1. The van der Waals surface area contributed by atoms with E-state index in [1.165, 1.54) is 0 Å². The minimum Gasteiger partial charge on any atom is -0.475 e. The van der Waals surface area contributed by atoms with Crippen LogP contribution in [-0.4, -0.2) is 17.6 Å². The number of carboxylic acids is 1. The maximum Gasteiger partial charge on any atom is 0.371 e. The first-order valence-corrected chi connectivity index (χ1v) is 7.24. The van der Waals surface area contributed by atoms with Crippen molar-refractivity contribution in [3.8, 4) is 0 Å². The molecule has 0 aliphatic rings. The molecule has 0 amide bonds. The van der Waals surface area contributed by atoms with Crippen molar-refractivity contribution < 1.29 is 14.3 Å². The van der Waals surface area contributed by atoms with Crippen LogP contribution in [0.5, 0.6) is 0 Å².